The van der Waals surface area contributed by atoms with E-state index in [4.69, 9.17) is 0 Å². The van der Waals surface area contributed by atoms with Gasteiger partial charge in [-0.15, -0.1) is 0 Å². The molecule has 0 saturated carbocycles. The third-order valence-corrected chi connectivity index (χ3v) is 1.55. The first kappa shape index (κ1) is 12.4. The zero-order valence-corrected chi connectivity index (χ0v) is 9.62. The average Bonchev–Trinajstić information content (AvgIpc) is 2.06. The summed E-state index contributed by atoms with van der Waals surface area (Å²) in [6.45, 7) is 3.39. The number of carboxylic acids is 1. The largest absolute Gasteiger partial charge is 1.00 e. The van der Waals surface area contributed by atoms with Crippen LogP contribution in [0, 0.1) is 0 Å². The molecule has 0 amide bonds. The molecule has 3 heteroatoms. The zero-order chi connectivity index (χ0) is 8.97. The molecule has 0 atom stereocenters. The minimum atomic E-state index is -1.18. The van der Waals surface area contributed by atoms with Gasteiger partial charge in [-0.1, -0.05) is 36.9 Å². The molecular weight excluding hydrogens is 175 g/mol. The molecule has 0 fully saturated rings. The van der Waals surface area contributed by atoms with E-state index in [1.165, 1.54) is 0 Å². The molecule has 0 aliphatic heterocycles. The summed E-state index contributed by atoms with van der Waals surface area (Å²) in [5, 5.41) is 10.3. The number of carboxylic acid groups (broad SMARTS) is 1. The zero-order valence-electron chi connectivity index (χ0n) is 7.62. The molecule has 1 rings (SSSR count). The molecular formula is C10H9NaO2. The Morgan fingerprint density at radius 3 is 2.31 bits per heavy atom. The predicted molar refractivity (Wildman–Crippen MR) is 44.3 cm³/mol. The Hall–Kier alpha value is -0.570. The van der Waals surface area contributed by atoms with Gasteiger partial charge in [-0.05, 0) is 17.6 Å². The van der Waals surface area contributed by atoms with Crippen LogP contribution in [0.5, 0.6) is 0 Å². The number of carbonyl (C=O) groups is 1. The number of rotatable bonds is 3. The van der Waals surface area contributed by atoms with Crippen LogP contribution in [-0.4, -0.2) is 5.97 Å². The summed E-state index contributed by atoms with van der Waals surface area (Å²) in [5.74, 6) is -1.18. The van der Waals surface area contributed by atoms with Crippen LogP contribution in [0.2, 0.25) is 0 Å². The molecule has 0 unspecified atom stereocenters. The van der Waals surface area contributed by atoms with Gasteiger partial charge in [0.25, 0.3) is 0 Å². The summed E-state index contributed by atoms with van der Waals surface area (Å²) in [7, 11) is 0. The fourth-order valence-electron chi connectivity index (χ4n) is 0.914. The van der Waals surface area contributed by atoms with Crippen molar-refractivity contribution in [1.29, 1.82) is 0 Å². The first-order valence-electron chi connectivity index (χ1n) is 3.63. The molecule has 0 aliphatic rings. The Bertz CT molecular complexity index is 293. The van der Waals surface area contributed by atoms with Crippen LogP contribution in [0.4, 0.5) is 0 Å². The van der Waals surface area contributed by atoms with Crippen LogP contribution in [0.3, 0.4) is 0 Å². The van der Waals surface area contributed by atoms with Gasteiger partial charge in [0.15, 0.2) is 0 Å². The minimum Gasteiger partial charge on any atom is -0.545 e. The molecule has 62 valence electrons. The summed E-state index contributed by atoms with van der Waals surface area (Å²) in [4.78, 5) is 10.3. The third-order valence-electron chi connectivity index (χ3n) is 1.55. The van der Waals surface area contributed by atoms with Crippen LogP contribution < -0.4 is 34.7 Å². The molecule has 0 saturated heterocycles. The first-order chi connectivity index (χ1) is 5.70. The van der Waals surface area contributed by atoms with Crippen molar-refractivity contribution >= 4 is 5.97 Å². The first-order valence-corrected chi connectivity index (χ1v) is 3.63. The van der Waals surface area contributed by atoms with Crippen molar-refractivity contribution < 1.29 is 39.5 Å². The molecule has 0 aromatic heterocycles. The molecule has 1 aromatic carbocycles. The molecule has 0 aliphatic carbocycles. The Morgan fingerprint density at radius 1 is 1.31 bits per heavy atom. The maximum Gasteiger partial charge on any atom is 1.00 e. The van der Waals surface area contributed by atoms with E-state index in [0.717, 1.165) is 5.56 Å². The Balaban J connectivity index is 0.00000144. The van der Waals surface area contributed by atoms with Crippen LogP contribution >= 0.6 is 0 Å². The van der Waals surface area contributed by atoms with Gasteiger partial charge in [0, 0.05) is 0 Å². The van der Waals surface area contributed by atoms with Gasteiger partial charge in [-0.3, -0.25) is 0 Å². The molecule has 2 nitrogen and oxygen atoms in total. The fourth-order valence-corrected chi connectivity index (χ4v) is 0.914. The van der Waals surface area contributed by atoms with E-state index in [1.54, 1.807) is 0 Å². The van der Waals surface area contributed by atoms with E-state index in [2.05, 4.69) is 6.58 Å². The van der Waals surface area contributed by atoms with Gasteiger partial charge in [-0.2, -0.15) is 0 Å². The van der Waals surface area contributed by atoms with E-state index >= 15 is 0 Å². The van der Waals surface area contributed by atoms with Crippen molar-refractivity contribution in [1.82, 2.24) is 0 Å². The van der Waals surface area contributed by atoms with Crippen LogP contribution in [0.15, 0.2) is 42.5 Å². The van der Waals surface area contributed by atoms with Crippen LogP contribution in [-0.2, 0) is 11.2 Å². The van der Waals surface area contributed by atoms with Crippen molar-refractivity contribution in [3.8, 4) is 0 Å². The molecule has 0 heterocycles. The standard InChI is InChI=1S/C10H10O2.Na/c1-8(10(11)12)7-9-5-3-2-4-6-9;/h2-6H,1,7H2,(H,11,12);/q;+1/p-1. The predicted octanol–water partition coefficient (Wildman–Crippen LogP) is -2.46. The summed E-state index contributed by atoms with van der Waals surface area (Å²) in [5.41, 5.74) is 1.05. The average molecular weight is 184 g/mol. The van der Waals surface area contributed by atoms with Gasteiger partial charge in [0.05, 0.1) is 5.97 Å². The topological polar surface area (TPSA) is 40.1 Å². The molecule has 0 N–H and O–H groups in total. The summed E-state index contributed by atoms with van der Waals surface area (Å²) >= 11 is 0. The third kappa shape index (κ3) is 4.27. The van der Waals surface area contributed by atoms with E-state index < -0.39 is 5.97 Å². The smallest absolute Gasteiger partial charge is 0.545 e. The number of hydrogen-bond acceptors (Lipinski definition) is 2. The number of aliphatic carboxylic acids is 1. The van der Waals surface area contributed by atoms with E-state index in [1.807, 2.05) is 30.3 Å². The van der Waals surface area contributed by atoms with Crippen molar-refractivity contribution in [3.63, 3.8) is 0 Å². The van der Waals surface area contributed by atoms with Gasteiger partial charge in [0.1, 0.15) is 0 Å². The number of hydrogen-bond donors (Lipinski definition) is 0. The van der Waals surface area contributed by atoms with Gasteiger partial charge in [-0.25, -0.2) is 0 Å². The van der Waals surface area contributed by atoms with Crippen LogP contribution in [0.1, 0.15) is 5.56 Å². The van der Waals surface area contributed by atoms with Crippen molar-refractivity contribution in [2.75, 3.05) is 0 Å². The minimum absolute atomic E-state index is 0. The molecule has 13 heavy (non-hydrogen) atoms. The molecule has 0 spiro atoms. The second-order valence-electron chi connectivity index (χ2n) is 2.55. The van der Waals surface area contributed by atoms with Gasteiger partial charge in [0.2, 0.25) is 0 Å². The SMILES string of the molecule is C=C(Cc1ccccc1)C(=O)[O-].[Na+]. The number of benzene rings is 1. The quantitative estimate of drug-likeness (QED) is 0.386. The van der Waals surface area contributed by atoms with Gasteiger partial charge < -0.3 is 9.90 Å². The molecule has 1 aromatic rings. The van der Waals surface area contributed by atoms with Crippen molar-refractivity contribution in [3.05, 3.63) is 48.0 Å². The summed E-state index contributed by atoms with van der Waals surface area (Å²) in [6.07, 6.45) is 0.350. The normalized spacial score (nSPS) is 8.62. The fraction of sp³-hybridized carbons (Fsp3) is 0.100. The molecule has 0 bridgehead atoms. The Morgan fingerprint density at radius 2 is 1.85 bits per heavy atom. The van der Waals surface area contributed by atoms with E-state index in [9.17, 15) is 9.90 Å². The number of carbonyl (C=O) groups excluding carboxylic acids is 1. The molecule has 0 radical (unpaired) electrons. The van der Waals surface area contributed by atoms with Crippen LogP contribution in [0.25, 0.3) is 0 Å². The maximum absolute atomic E-state index is 10.3. The summed E-state index contributed by atoms with van der Waals surface area (Å²) < 4.78 is 0. The van der Waals surface area contributed by atoms with Crippen molar-refractivity contribution in [2.24, 2.45) is 0 Å². The summed E-state index contributed by atoms with van der Waals surface area (Å²) in [6, 6.07) is 9.31. The van der Waals surface area contributed by atoms with Gasteiger partial charge >= 0.3 is 29.6 Å². The Labute approximate surface area is 99.6 Å². The van der Waals surface area contributed by atoms with E-state index in [-0.39, 0.29) is 35.1 Å². The monoisotopic (exact) mass is 184 g/mol. The second-order valence-corrected chi connectivity index (χ2v) is 2.55. The maximum atomic E-state index is 10.3. The second kappa shape index (κ2) is 5.97. The van der Waals surface area contributed by atoms with Crippen molar-refractivity contribution in [2.45, 2.75) is 6.42 Å². The van der Waals surface area contributed by atoms with E-state index in [0.29, 0.717) is 6.42 Å². The Kier molecular flexibility index (Phi) is 5.71.